The van der Waals surface area contributed by atoms with Gasteiger partial charge in [-0.05, 0) is 42.5 Å². The summed E-state index contributed by atoms with van der Waals surface area (Å²) in [5.41, 5.74) is 1.34. The minimum atomic E-state index is -0.578. The third-order valence-corrected chi connectivity index (χ3v) is 3.57. The van der Waals surface area contributed by atoms with Gasteiger partial charge in [0.25, 0.3) is 0 Å². The fourth-order valence-electron chi connectivity index (χ4n) is 2.02. The van der Waals surface area contributed by atoms with Crippen molar-refractivity contribution >= 4 is 29.2 Å². The SMILES string of the molecule is O=C(OCc1cc(-c2ccc(F)cc2)on1)c1cc(Cl)cc(Cl)c1. The predicted molar refractivity (Wildman–Crippen MR) is 87.5 cm³/mol. The lowest BCUT2D eigenvalue weighted by atomic mass is 10.1. The summed E-state index contributed by atoms with van der Waals surface area (Å²) in [7, 11) is 0. The number of nitrogens with zero attached hydrogens (tertiary/aromatic N) is 1. The maximum atomic E-state index is 12.9. The highest BCUT2D eigenvalue weighted by atomic mass is 35.5. The maximum Gasteiger partial charge on any atom is 0.338 e. The largest absolute Gasteiger partial charge is 0.455 e. The summed E-state index contributed by atoms with van der Waals surface area (Å²) in [5.74, 6) is -0.467. The normalized spacial score (nSPS) is 10.6. The van der Waals surface area contributed by atoms with Gasteiger partial charge in [-0.3, -0.25) is 0 Å². The summed E-state index contributed by atoms with van der Waals surface area (Å²) < 4.78 is 23.2. The first-order valence-corrected chi connectivity index (χ1v) is 7.61. The van der Waals surface area contributed by atoms with Crippen LogP contribution in [0.3, 0.4) is 0 Å². The first kappa shape index (κ1) is 16.5. The van der Waals surface area contributed by atoms with E-state index in [1.165, 1.54) is 30.3 Å². The Balaban J connectivity index is 1.67. The number of hydrogen-bond donors (Lipinski definition) is 0. The van der Waals surface area contributed by atoms with Crippen LogP contribution in [0.25, 0.3) is 11.3 Å². The van der Waals surface area contributed by atoms with Crippen molar-refractivity contribution in [2.45, 2.75) is 6.61 Å². The average Bonchev–Trinajstić information content (AvgIpc) is 3.01. The molecule has 0 aliphatic carbocycles. The van der Waals surface area contributed by atoms with Crippen LogP contribution in [-0.4, -0.2) is 11.1 Å². The number of halogens is 3. The van der Waals surface area contributed by atoms with E-state index >= 15 is 0 Å². The highest BCUT2D eigenvalue weighted by Gasteiger charge is 2.12. The molecule has 0 atom stereocenters. The summed E-state index contributed by atoms with van der Waals surface area (Å²) in [4.78, 5) is 12.0. The van der Waals surface area contributed by atoms with Gasteiger partial charge < -0.3 is 9.26 Å². The fraction of sp³-hybridized carbons (Fsp3) is 0.0588. The highest BCUT2D eigenvalue weighted by molar-refractivity contribution is 6.35. The topological polar surface area (TPSA) is 52.3 Å². The van der Waals surface area contributed by atoms with E-state index < -0.39 is 5.97 Å². The Morgan fingerprint density at radius 3 is 2.42 bits per heavy atom. The van der Waals surface area contributed by atoms with Crippen molar-refractivity contribution in [2.75, 3.05) is 0 Å². The number of rotatable bonds is 4. The zero-order chi connectivity index (χ0) is 17.1. The van der Waals surface area contributed by atoms with Gasteiger partial charge in [0.15, 0.2) is 5.76 Å². The number of esters is 1. The number of hydrogen-bond acceptors (Lipinski definition) is 4. The van der Waals surface area contributed by atoms with Crippen LogP contribution in [0.4, 0.5) is 4.39 Å². The monoisotopic (exact) mass is 365 g/mol. The van der Waals surface area contributed by atoms with E-state index in [1.54, 1.807) is 18.2 Å². The molecule has 0 aliphatic heterocycles. The molecule has 122 valence electrons. The second kappa shape index (κ2) is 7.03. The molecule has 0 saturated heterocycles. The molecule has 0 N–H and O–H groups in total. The van der Waals surface area contributed by atoms with E-state index in [2.05, 4.69) is 5.16 Å². The van der Waals surface area contributed by atoms with Crippen LogP contribution in [-0.2, 0) is 11.3 Å². The Hall–Kier alpha value is -2.37. The second-order valence-corrected chi connectivity index (χ2v) is 5.80. The quantitative estimate of drug-likeness (QED) is 0.600. The third kappa shape index (κ3) is 3.93. The van der Waals surface area contributed by atoms with E-state index in [9.17, 15) is 9.18 Å². The minimum Gasteiger partial charge on any atom is -0.455 e. The van der Waals surface area contributed by atoms with Crippen LogP contribution in [0, 0.1) is 5.82 Å². The van der Waals surface area contributed by atoms with Crippen molar-refractivity contribution in [1.29, 1.82) is 0 Å². The molecule has 0 amide bonds. The first-order chi connectivity index (χ1) is 11.5. The van der Waals surface area contributed by atoms with Crippen LogP contribution in [0.2, 0.25) is 10.0 Å². The van der Waals surface area contributed by atoms with Crippen LogP contribution in [0.5, 0.6) is 0 Å². The zero-order valence-electron chi connectivity index (χ0n) is 12.1. The molecule has 24 heavy (non-hydrogen) atoms. The van der Waals surface area contributed by atoms with Crippen molar-refractivity contribution in [2.24, 2.45) is 0 Å². The first-order valence-electron chi connectivity index (χ1n) is 6.86. The van der Waals surface area contributed by atoms with Crippen LogP contribution in [0.15, 0.2) is 53.1 Å². The van der Waals surface area contributed by atoms with Gasteiger partial charge in [-0.2, -0.15) is 0 Å². The number of carbonyl (C=O) groups is 1. The maximum absolute atomic E-state index is 12.9. The number of benzene rings is 2. The molecule has 0 bridgehead atoms. The predicted octanol–water partition coefficient (Wildman–Crippen LogP) is 5.14. The smallest absolute Gasteiger partial charge is 0.338 e. The Kier molecular flexibility index (Phi) is 4.83. The number of carbonyl (C=O) groups excluding carboxylic acids is 1. The van der Waals surface area contributed by atoms with Crippen molar-refractivity contribution in [3.63, 3.8) is 0 Å². The standard InChI is InChI=1S/C17H10Cl2FNO3/c18-12-5-11(6-13(19)7-12)17(22)23-9-15-8-16(24-21-15)10-1-3-14(20)4-2-10/h1-8H,9H2. The van der Waals surface area contributed by atoms with E-state index in [1.807, 2.05) is 0 Å². The summed E-state index contributed by atoms with van der Waals surface area (Å²) >= 11 is 11.7. The van der Waals surface area contributed by atoms with Crippen molar-refractivity contribution in [1.82, 2.24) is 5.16 Å². The van der Waals surface area contributed by atoms with Gasteiger partial charge in [0.1, 0.15) is 18.1 Å². The number of ether oxygens (including phenoxy) is 1. The van der Waals surface area contributed by atoms with Crippen LogP contribution < -0.4 is 0 Å². The van der Waals surface area contributed by atoms with E-state index in [-0.39, 0.29) is 18.0 Å². The average molecular weight is 366 g/mol. The molecule has 0 fully saturated rings. The molecule has 2 aromatic carbocycles. The van der Waals surface area contributed by atoms with Crippen LogP contribution in [0.1, 0.15) is 16.1 Å². The zero-order valence-corrected chi connectivity index (χ0v) is 13.6. The molecule has 7 heteroatoms. The molecule has 1 heterocycles. The van der Waals surface area contributed by atoms with Gasteiger partial charge >= 0.3 is 5.97 Å². The molecule has 0 aliphatic rings. The Bertz CT molecular complexity index is 858. The molecular formula is C17H10Cl2FNO3. The lowest BCUT2D eigenvalue weighted by Crippen LogP contribution is -2.05. The van der Waals surface area contributed by atoms with Gasteiger partial charge in [-0.25, -0.2) is 9.18 Å². The van der Waals surface area contributed by atoms with E-state index in [0.29, 0.717) is 27.1 Å². The van der Waals surface area contributed by atoms with Crippen molar-refractivity contribution < 1.29 is 18.4 Å². The van der Waals surface area contributed by atoms with Crippen molar-refractivity contribution in [3.8, 4) is 11.3 Å². The lowest BCUT2D eigenvalue weighted by Gasteiger charge is -2.03. The van der Waals surface area contributed by atoms with Gasteiger partial charge in [-0.15, -0.1) is 0 Å². The van der Waals surface area contributed by atoms with Crippen LogP contribution >= 0.6 is 23.2 Å². The Labute approximate surface area is 146 Å². The molecule has 0 radical (unpaired) electrons. The van der Waals surface area contributed by atoms with Crippen molar-refractivity contribution in [3.05, 3.63) is 75.7 Å². The second-order valence-electron chi connectivity index (χ2n) is 4.92. The summed E-state index contributed by atoms with van der Waals surface area (Å²) in [6.45, 7) is -0.0757. The highest BCUT2D eigenvalue weighted by Crippen LogP contribution is 2.22. The molecule has 0 saturated carbocycles. The molecule has 3 aromatic rings. The van der Waals surface area contributed by atoms with Gasteiger partial charge in [0.05, 0.1) is 5.56 Å². The van der Waals surface area contributed by atoms with Gasteiger partial charge in [-0.1, -0.05) is 28.4 Å². The molecule has 4 nitrogen and oxygen atoms in total. The molecule has 3 rings (SSSR count). The molecular weight excluding hydrogens is 356 g/mol. The summed E-state index contributed by atoms with van der Waals surface area (Å²) in [6, 6.07) is 11.8. The third-order valence-electron chi connectivity index (χ3n) is 3.14. The summed E-state index contributed by atoms with van der Waals surface area (Å²) in [6.07, 6.45) is 0. The molecule has 1 aromatic heterocycles. The van der Waals surface area contributed by atoms with Gasteiger partial charge in [0.2, 0.25) is 0 Å². The van der Waals surface area contributed by atoms with E-state index in [0.717, 1.165) is 0 Å². The Morgan fingerprint density at radius 2 is 1.75 bits per heavy atom. The number of aromatic nitrogens is 1. The molecule has 0 unspecified atom stereocenters. The lowest BCUT2D eigenvalue weighted by molar-refractivity contribution is 0.0464. The minimum absolute atomic E-state index is 0.0757. The van der Waals surface area contributed by atoms with Gasteiger partial charge in [0, 0.05) is 21.7 Å². The molecule has 0 spiro atoms. The summed E-state index contributed by atoms with van der Waals surface area (Å²) in [5, 5.41) is 4.50. The van der Waals surface area contributed by atoms with E-state index in [4.69, 9.17) is 32.5 Å². The fourth-order valence-corrected chi connectivity index (χ4v) is 2.55. The Morgan fingerprint density at radius 1 is 1.08 bits per heavy atom.